The Hall–Kier alpha value is -2.37. The fourth-order valence-electron chi connectivity index (χ4n) is 1.87. The Balaban J connectivity index is 2.58. The van der Waals surface area contributed by atoms with Gasteiger partial charge in [-0.15, -0.1) is 0 Å². The lowest BCUT2D eigenvalue weighted by Crippen LogP contribution is -2.30. The summed E-state index contributed by atoms with van der Waals surface area (Å²) in [5.74, 6) is -2.67. The van der Waals surface area contributed by atoms with Gasteiger partial charge in [-0.25, -0.2) is 9.50 Å². The summed E-state index contributed by atoms with van der Waals surface area (Å²) >= 11 is 0. The second-order valence-electron chi connectivity index (χ2n) is 3.56. The van der Waals surface area contributed by atoms with E-state index in [1.54, 1.807) is 13.0 Å². The van der Waals surface area contributed by atoms with E-state index in [0.717, 1.165) is 0 Å². The molecule has 78 valence electrons. The third kappa shape index (κ3) is 0.837. The molecule has 0 aliphatic heterocycles. The van der Waals surface area contributed by atoms with Crippen LogP contribution in [0.2, 0.25) is 0 Å². The van der Waals surface area contributed by atoms with Crippen LogP contribution in [-0.4, -0.2) is 31.9 Å². The zero-order chi connectivity index (χ0) is 11.4. The molecule has 0 bridgehead atoms. The van der Waals surface area contributed by atoms with Gasteiger partial charge in [0.2, 0.25) is 5.78 Å². The van der Waals surface area contributed by atoms with Crippen molar-refractivity contribution in [3.8, 4) is 0 Å². The maximum atomic E-state index is 11.6. The molecule has 0 saturated heterocycles. The molecule has 16 heavy (non-hydrogen) atoms. The van der Waals surface area contributed by atoms with Crippen LogP contribution < -0.4 is 0 Å². The van der Waals surface area contributed by atoms with Gasteiger partial charge < -0.3 is 0 Å². The van der Waals surface area contributed by atoms with Gasteiger partial charge in [0.05, 0.1) is 5.56 Å². The van der Waals surface area contributed by atoms with Gasteiger partial charge in [0, 0.05) is 5.69 Å². The highest BCUT2D eigenvalue weighted by molar-refractivity contribution is 6.72. The number of aryl methyl sites for hydroxylation is 1. The zero-order valence-electron chi connectivity index (χ0n) is 8.22. The lowest BCUT2D eigenvalue weighted by molar-refractivity contribution is -0.111. The molecule has 0 atom stereocenters. The molecule has 0 aromatic carbocycles. The number of carbonyl (C=O) groups excluding carboxylic acids is 3. The minimum Gasteiger partial charge on any atom is -0.285 e. The third-order valence-corrected chi connectivity index (χ3v) is 2.60. The van der Waals surface area contributed by atoms with E-state index in [9.17, 15) is 14.4 Å². The topological polar surface area (TPSA) is 81.4 Å². The number of hydrogen-bond acceptors (Lipinski definition) is 5. The molecule has 0 fully saturated rings. The molecule has 1 aliphatic carbocycles. The fourth-order valence-corrected chi connectivity index (χ4v) is 1.87. The number of nitrogens with zero attached hydrogens (tertiary/aromatic N) is 3. The highest BCUT2D eigenvalue weighted by Crippen LogP contribution is 2.23. The van der Waals surface area contributed by atoms with E-state index in [-0.39, 0.29) is 11.3 Å². The van der Waals surface area contributed by atoms with Crippen LogP contribution in [-0.2, 0) is 4.79 Å². The fraction of sp³-hybridized carbons (Fsp3) is 0.100. The summed E-state index contributed by atoms with van der Waals surface area (Å²) in [7, 11) is 0. The number of carbonyl (C=O) groups is 3. The molecule has 1 aliphatic rings. The average Bonchev–Trinajstić information content (AvgIpc) is 2.63. The van der Waals surface area contributed by atoms with Crippen molar-refractivity contribution in [1.29, 1.82) is 0 Å². The highest BCUT2D eigenvalue weighted by atomic mass is 16.2. The standard InChI is InChI=1S/C10H5N3O3/c1-4-2-5-7-6(11-3-12-13(4)7)9(15)10(16)8(5)14/h2-3H,1H3. The first kappa shape index (κ1) is 8.90. The molecule has 0 amide bonds. The minimum atomic E-state index is -1.03. The summed E-state index contributed by atoms with van der Waals surface area (Å²) in [5.41, 5.74) is 1.22. The molecule has 0 radical (unpaired) electrons. The van der Waals surface area contributed by atoms with Gasteiger partial charge in [0.1, 0.15) is 17.5 Å². The maximum Gasteiger partial charge on any atom is 0.275 e. The maximum absolute atomic E-state index is 11.6. The first-order valence-electron chi connectivity index (χ1n) is 4.58. The van der Waals surface area contributed by atoms with Crippen molar-refractivity contribution in [2.75, 3.05) is 0 Å². The lowest BCUT2D eigenvalue weighted by atomic mass is 9.97. The number of ketones is 3. The van der Waals surface area contributed by atoms with E-state index in [4.69, 9.17) is 0 Å². The molecular weight excluding hydrogens is 210 g/mol. The molecular formula is C10H5N3O3. The predicted octanol–water partition coefficient (Wildman–Crippen LogP) is -0.0142. The Morgan fingerprint density at radius 2 is 1.88 bits per heavy atom. The summed E-state index contributed by atoms with van der Waals surface area (Å²) in [6.07, 6.45) is 1.19. The lowest BCUT2D eigenvalue weighted by Gasteiger charge is -2.07. The van der Waals surface area contributed by atoms with E-state index in [0.29, 0.717) is 11.2 Å². The molecule has 2 aromatic heterocycles. The second kappa shape index (κ2) is 2.60. The van der Waals surface area contributed by atoms with Crippen molar-refractivity contribution in [3.05, 3.63) is 29.3 Å². The van der Waals surface area contributed by atoms with Gasteiger partial charge in [-0.3, -0.25) is 14.4 Å². The van der Waals surface area contributed by atoms with Crippen molar-refractivity contribution < 1.29 is 14.4 Å². The first-order chi connectivity index (χ1) is 7.61. The van der Waals surface area contributed by atoms with Crippen LogP contribution in [0.3, 0.4) is 0 Å². The number of aromatic nitrogens is 3. The molecule has 3 rings (SSSR count). The van der Waals surface area contributed by atoms with Gasteiger partial charge in [0.15, 0.2) is 0 Å². The first-order valence-corrected chi connectivity index (χ1v) is 4.58. The van der Waals surface area contributed by atoms with E-state index in [1.807, 2.05) is 0 Å². The Kier molecular flexibility index (Phi) is 1.45. The van der Waals surface area contributed by atoms with Crippen molar-refractivity contribution in [2.45, 2.75) is 6.92 Å². The van der Waals surface area contributed by atoms with Gasteiger partial charge in [-0.2, -0.15) is 5.10 Å². The summed E-state index contributed by atoms with van der Waals surface area (Å²) in [6, 6.07) is 1.54. The summed E-state index contributed by atoms with van der Waals surface area (Å²) in [5, 5.41) is 3.93. The summed E-state index contributed by atoms with van der Waals surface area (Å²) in [6.45, 7) is 1.74. The van der Waals surface area contributed by atoms with Crippen LogP contribution in [0.25, 0.3) is 5.52 Å². The molecule has 0 spiro atoms. The SMILES string of the molecule is Cc1cc2c3c(ncnn13)C(=O)C(=O)C2=O. The molecule has 0 N–H and O–H groups in total. The molecule has 6 heteroatoms. The van der Waals surface area contributed by atoms with Crippen molar-refractivity contribution in [2.24, 2.45) is 0 Å². The minimum absolute atomic E-state index is 0.00250. The highest BCUT2D eigenvalue weighted by Gasteiger charge is 2.36. The Morgan fingerprint density at radius 3 is 2.62 bits per heavy atom. The molecule has 2 heterocycles. The predicted molar refractivity (Wildman–Crippen MR) is 51.4 cm³/mol. The Labute approximate surface area is 88.9 Å². The van der Waals surface area contributed by atoms with Gasteiger partial charge in [-0.1, -0.05) is 0 Å². The molecule has 2 aromatic rings. The summed E-state index contributed by atoms with van der Waals surface area (Å²) < 4.78 is 1.44. The van der Waals surface area contributed by atoms with Crippen LogP contribution in [0.4, 0.5) is 0 Å². The number of hydrogen-bond donors (Lipinski definition) is 0. The van der Waals surface area contributed by atoms with Gasteiger partial charge in [0.25, 0.3) is 11.6 Å². The average molecular weight is 215 g/mol. The Morgan fingerprint density at radius 1 is 1.12 bits per heavy atom. The quantitative estimate of drug-likeness (QED) is 0.577. The number of rotatable bonds is 0. The summed E-state index contributed by atoms with van der Waals surface area (Å²) in [4.78, 5) is 38.3. The molecule has 6 nitrogen and oxygen atoms in total. The van der Waals surface area contributed by atoms with Crippen molar-refractivity contribution in [1.82, 2.24) is 14.6 Å². The number of Topliss-reactive ketones (excluding diaryl/α,β-unsaturated/α-hetero) is 3. The zero-order valence-corrected chi connectivity index (χ0v) is 8.22. The third-order valence-electron chi connectivity index (χ3n) is 2.60. The van der Waals surface area contributed by atoms with Crippen LogP contribution in [0.15, 0.2) is 12.4 Å². The monoisotopic (exact) mass is 215 g/mol. The van der Waals surface area contributed by atoms with Crippen LogP contribution in [0.5, 0.6) is 0 Å². The van der Waals surface area contributed by atoms with Gasteiger partial charge in [-0.05, 0) is 13.0 Å². The van der Waals surface area contributed by atoms with E-state index >= 15 is 0 Å². The van der Waals surface area contributed by atoms with Crippen LogP contribution in [0.1, 0.15) is 26.5 Å². The Bertz CT molecular complexity index is 684. The molecule has 0 unspecified atom stereocenters. The van der Waals surface area contributed by atoms with Crippen LogP contribution in [0, 0.1) is 6.92 Å². The largest absolute Gasteiger partial charge is 0.285 e. The smallest absolute Gasteiger partial charge is 0.275 e. The van der Waals surface area contributed by atoms with Crippen LogP contribution >= 0.6 is 0 Å². The van der Waals surface area contributed by atoms with E-state index in [1.165, 1.54) is 10.8 Å². The van der Waals surface area contributed by atoms with Gasteiger partial charge >= 0.3 is 0 Å². The normalized spacial score (nSPS) is 14.9. The van der Waals surface area contributed by atoms with Crippen molar-refractivity contribution in [3.63, 3.8) is 0 Å². The van der Waals surface area contributed by atoms with Crippen molar-refractivity contribution >= 4 is 22.9 Å². The van der Waals surface area contributed by atoms with E-state index < -0.39 is 17.3 Å². The molecule has 0 saturated carbocycles. The van der Waals surface area contributed by atoms with E-state index in [2.05, 4.69) is 10.1 Å². The second-order valence-corrected chi connectivity index (χ2v) is 3.56.